The van der Waals surface area contributed by atoms with Crippen LogP contribution < -0.4 is 32.7 Å². The fourth-order valence-electron chi connectivity index (χ4n) is 8.07. The van der Waals surface area contributed by atoms with Crippen molar-refractivity contribution in [2.24, 2.45) is 21.7 Å². The standard InChI is InChI=1S/C31H40N6O5.C30H36N2O6/c1-19(36-37-31(32)33)23-13-24(20(2)38)16-27(15-23)34-29(41)11-9-7-5-6-8-10-12-30(42)35-28-17-25(21(3)39)14-26(18-28)22(4)40;1-19(33)23-13-24(20(2)34)16-27(15-23)31-29(37)11-9-7-5-6-8-10-12-30(38)32-28-17-25(21(3)35)14-26(18-28)22(4)36/h13-18H,5-12H2,1-4H3,(H,34,41)(H,35,42)(H4,32,33,37);13-18H,5-12H2,1-4H3,(H,31,37)(H,32,38)/b36-19+;. The van der Waals surface area contributed by atoms with Gasteiger partial charge in [-0.3, -0.25) is 52.7 Å². The lowest BCUT2D eigenvalue weighted by molar-refractivity contribution is -0.117. The molecular formula is C61H76N8O11. The van der Waals surface area contributed by atoms with Crippen molar-refractivity contribution in [2.75, 3.05) is 21.3 Å². The molecule has 4 aromatic carbocycles. The van der Waals surface area contributed by atoms with Crippen LogP contribution in [0.4, 0.5) is 22.7 Å². The van der Waals surface area contributed by atoms with Gasteiger partial charge in [0.1, 0.15) is 0 Å². The summed E-state index contributed by atoms with van der Waals surface area (Å²) in [6, 6.07) is 19.0. The molecule has 0 heterocycles. The number of nitrogens with two attached hydrogens (primary N) is 2. The fraction of sp³-hybridized carbons (Fsp3) is 0.393. The van der Waals surface area contributed by atoms with Crippen LogP contribution in [0.2, 0.25) is 0 Å². The number of hydrogen-bond acceptors (Lipinski definition) is 13. The number of Topliss-reactive ketones (excluding diaryl/α,β-unsaturated/α-hetero) is 7. The van der Waals surface area contributed by atoms with Gasteiger partial charge in [-0.2, -0.15) is 5.10 Å². The summed E-state index contributed by atoms with van der Waals surface area (Å²) in [6.07, 6.45) is 11.4. The molecule has 0 spiro atoms. The summed E-state index contributed by atoms with van der Waals surface area (Å²) in [5, 5.41) is 18.7. The normalized spacial score (nSPS) is 10.8. The van der Waals surface area contributed by atoms with Crippen molar-refractivity contribution in [3.05, 3.63) is 117 Å². The first kappa shape index (κ1) is 65.7. The average molecular weight is 1100 g/mol. The van der Waals surface area contributed by atoms with Crippen LogP contribution in [0.25, 0.3) is 0 Å². The Bertz CT molecular complexity index is 2830. The lowest BCUT2D eigenvalue weighted by Crippen LogP contribution is -2.22. The largest absolute Gasteiger partial charge is 0.369 e. The summed E-state index contributed by atoms with van der Waals surface area (Å²) >= 11 is 0. The number of ketones is 7. The number of guanidine groups is 1. The Hall–Kier alpha value is -8.61. The zero-order valence-corrected chi connectivity index (χ0v) is 47.3. The van der Waals surface area contributed by atoms with E-state index in [0.717, 1.165) is 51.4 Å². The Morgan fingerprint density at radius 3 is 0.675 bits per heavy atom. The van der Waals surface area contributed by atoms with Crippen LogP contribution in [0.1, 0.15) is 236 Å². The lowest BCUT2D eigenvalue weighted by Gasteiger charge is -2.10. The van der Waals surface area contributed by atoms with Crippen LogP contribution in [0.15, 0.2) is 83.0 Å². The van der Waals surface area contributed by atoms with Gasteiger partial charge in [0.05, 0.1) is 5.71 Å². The first-order valence-corrected chi connectivity index (χ1v) is 26.8. The van der Waals surface area contributed by atoms with Gasteiger partial charge in [0.15, 0.2) is 40.5 Å². The van der Waals surface area contributed by atoms with E-state index in [1.165, 1.54) is 66.7 Å². The molecule has 0 atom stereocenters. The maximum atomic E-state index is 12.5. The highest BCUT2D eigenvalue weighted by Crippen LogP contribution is 2.22. The molecule has 4 amide bonds. The van der Waals surface area contributed by atoms with E-state index in [4.69, 9.17) is 11.5 Å². The van der Waals surface area contributed by atoms with Gasteiger partial charge in [-0.25, -0.2) is 0 Å². The van der Waals surface area contributed by atoms with Crippen molar-refractivity contribution in [3.63, 3.8) is 0 Å². The zero-order chi connectivity index (χ0) is 59.5. The summed E-state index contributed by atoms with van der Waals surface area (Å²) in [7, 11) is 0. The van der Waals surface area contributed by atoms with Crippen LogP contribution in [0.3, 0.4) is 0 Å². The molecule has 0 saturated carbocycles. The highest BCUT2D eigenvalue weighted by atomic mass is 16.2. The Labute approximate surface area is 468 Å². The third kappa shape index (κ3) is 24.8. The van der Waals surface area contributed by atoms with Crippen molar-refractivity contribution in [2.45, 2.75) is 158 Å². The highest BCUT2D eigenvalue weighted by Gasteiger charge is 2.15. The number of carbonyl (C=O) groups excluding carboxylic acids is 11. The Kier molecular flexibility index (Phi) is 27.6. The van der Waals surface area contributed by atoms with E-state index < -0.39 is 0 Å². The monoisotopic (exact) mass is 1100 g/mol. The van der Waals surface area contributed by atoms with Crippen molar-refractivity contribution in [1.82, 2.24) is 0 Å². The predicted molar refractivity (Wildman–Crippen MR) is 312 cm³/mol. The van der Waals surface area contributed by atoms with E-state index in [9.17, 15) is 52.7 Å². The number of amides is 4. The quantitative estimate of drug-likeness (QED) is 0.00899. The van der Waals surface area contributed by atoms with Crippen LogP contribution in [0.5, 0.6) is 0 Å². The Morgan fingerprint density at radius 1 is 0.287 bits per heavy atom. The molecule has 80 heavy (non-hydrogen) atoms. The van der Waals surface area contributed by atoms with E-state index in [1.54, 1.807) is 61.5 Å². The molecule has 0 aliphatic rings. The fourth-order valence-corrected chi connectivity index (χ4v) is 8.07. The summed E-state index contributed by atoms with van der Waals surface area (Å²) in [6.45, 7) is 11.6. The number of hydrogen-bond donors (Lipinski definition) is 6. The van der Waals surface area contributed by atoms with E-state index in [1.807, 2.05) is 0 Å². The van der Waals surface area contributed by atoms with Gasteiger partial charge >= 0.3 is 0 Å². The lowest BCUT2D eigenvalue weighted by atomic mass is 10.0. The van der Waals surface area contributed by atoms with Crippen LogP contribution >= 0.6 is 0 Å². The van der Waals surface area contributed by atoms with Crippen LogP contribution in [0, 0.1) is 0 Å². The first-order valence-electron chi connectivity index (χ1n) is 26.8. The molecule has 4 aromatic rings. The predicted octanol–water partition coefficient (Wildman–Crippen LogP) is 11.2. The molecule has 0 bridgehead atoms. The number of anilines is 4. The second-order valence-corrected chi connectivity index (χ2v) is 19.7. The molecule has 4 rings (SSSR count). The van der Waals surface area contributed by atoms with Crippen LogP contribution in [-0.4, -0.2) is 75.8 Å². The minimum Gasteiger partial charge on any atom is -0.369 e. The average Bonchev–Trinajstić information content (AvgIpc) is 3.39. The molecule has 0 saturated heterocycles. The van der Waals surface area contributed by atoms with Gasteiger partial charge in [-0.15, -0.1) is 5.10 Å². The molecule has 0 aliphatic heterocycles. The summed E-state index contributed by atoms with van der Waals surface area (Å²) in [5.41, 5.74) is 16.3. The van der Waals surface area contributed by atoms with Gasteiger partial charge in [-0.05, 0) is 154 Å². The summed E-state index contributed by atoms with van der Waals surface area (Å²) in [4.78, 5) is 132. The van der Waals surface area contributed by atoms with Crippen molar-refractivity contribution in [1.29, 1.82) is 0 Å². The molecule has 19 nitrogen and oxygen atoms in total. The molecule has 426 valence electrons. The second-order valence-electron chi connectivity index (χ2n) is 19.7. The smallest absolute Gasteiger partial charge is 0.224 e. The molecule has 0 unspecified atom stereocenters. The number of unbranched alkanes of at least 4 members (excludes halogenated alkanes) is 10. The number of benzene rings is 4. The molecular weight excluding hydrogens is 1020 g/mol. The summed E-state index contributed by atoms with van der Waals surface area (Å²) < 4.78 is 0. The maximum Gasteiger partial charge on any atom is 0.224 e. The third-order valence-corrected chi connectivity index (χ3v) is 12.6. The van der Waals surface area contributed by atoms with E-state index in [2.05, 4.69) is 31.5 Å². The number of carbonyl (C=O) groups is 11. The van der Waals surface area contributed by atoms with E-state index >= 15 is 0 Å². The molecule has 8 N–H and O–H groups in total. The maximum absolute atomic E-state index is 12.5. The second kappa shape index (κ2) is 33.6. The Morgan fingerprint density at radius 2 is 0.475 bits per heavy atom. The molecule has 0 radical (unpaired) electrons. The van der Waals surface area contributed by atoms with E-state index in [0.29, 0.717) is 124 Å². The molecule has 19 heteroatoms. The van der Waals surface area contributed by atoms with Gasteiger partial charge in [0.25, 0.3) is 0 Å². The van der Waals surface area contributed by atoms with Crippen LogP contribution in [-0.2, 0) is 19.2 Å². The van der Waals surface area contributed by atoms with Gasteiger partial charge in [0, 0.05) is 92.9 Å². The minimum absolute atomic E-state index is 0.149. The number of nitrogens with one attached hydrogen (secondary N) is 4. The highest BCUT2D eigenvalue weighted by molar-refractivity contribution is 6.07. The first-order chi connectivity index (χ1) is 37.8. The molecule has 0 aromatic heterocycles. The number of nitrogens with zero attached hydrogens (tertiary/aromatic N) is 2. The SMILES string of the molecule is CC(=O)c1cc(NC(=O)CCCCCCCCC(=O)Nc2cc(C(C)=O)cc(/C(C)=N/N=C(N)N)c2)cc(C(C)=O)c1.CC(=O)c1cc(NC(=O)CCCCCCCCC(=O)Nc2cc(C(C)=O)cc(C(C)=O)c2)cc(C(C)=O)c1. The number of rotatable bonds is 31. The van der Waals surface area contributed by atoms with Crippen molar-refractivity contribution in [3.8, 4) is 0 Å². The molecule has 0 fully saturated rings. The molecule has 0 aliphatic carbocycles. The van der Waals surface area contributed by atoms with Gasteiger partial charge in [-0.1, -0.05) is 51.4 Å². The summed E-state index contributed by atoms with van der Waals surface area (Å²) in [5.74, 6) is -2.05. The minimum atomic E-state index is -0.186. The Balaban J connectivity index is 0.000000422. The topological polar surface area (TPSA) is 313 Å². The zero-order valence-electron chi connectivity index (χ0n) is 47.3. The van der Waals surface area contributed by atoms with Gasteiger partial charge in [0.2, 0.25) is 29.6 Å². The third-order valence-electron chi connectivity index (χ3n) is 12.6. The van der Waals surface area contributed by atoms with Gasteiger partial charge < -0.3 is 32.7 Å². The van der Waals surface area contributed by atoms with Crippen molar-refractivity contribution >= 4 is 98.5 Å². The van der Waals surface area contributed by atoms with E-state index in [-0.39, 0.29) is 70.1 Å². The van der Waals surface area contributed by atoms with Crippen molar-refractivity contribution < 1.29 is 52.7 Å².